The van der Waals surface area contributed by atoms with Crippen molar-refractivity contribution in [3.8, 4) is 0 Å². The molecule has 0 fully saturated rings. The molecule has 2 rings (SSSR count). The molecule has 1 aliphatic rings. The Morgan fingerprint density at radius 3 is 2.71 bits per heavy atom. The second kappa shape index (κ2) is 6.09. The van der Waals surface area contributed by atoms with E-state index in [1.165, 1.54) is 11.3 Å². The number of carboxylic acid groups (broad SMARTS) is 1. The normalized spacial score (nSPS) is 17.5. The van der Waals surface area contributed by atoms with Crippen LogP contribution < -0.4 is 16.2 Å². The number of hydrogen-bond acceptors (Lipinski definition) is 5. The van der Waals surface area contributed by atoms with Crippen LogP contribution in [-0.2, 0) is 22.4 Å². The molecule has 0 aliphatic heterocycles. The van der Waals surface area contributed by atoms with Gasteiger partial charge in [0.15, 0.2) is 0 Å². The molecular weight excluding hydrogens is 292 g/mol. The molecule has 112 valence electrons. The lowest BCUT2D eigenvalue weighted by Gasteiger charge is -2.18. The fraction of sp³-hybridized carbons (Fsp3) is 0.357. The van der Waals surface area contributed by atoms with Crippen molar-refractivity contribution in [1.82, 2.24) is 0 Å². The third-order valence-electron chi connectivity index (χ3n) is 3.37. The smallest absolute Gasteiger partial charge is 0.251 e. The summed E-state index contributed by atoms with van der Waals surface area (Å²) in [4.78, 5) is 34.6. The number of thiophene rings is 1. The molecule has 7 heteroatoms. The maximum Gasteiger partial charge on any atom is 0.251 e. The zero-order valence-electron chi connectivity index (χ0n) is 11.5. The first-order chi connectivity index (χ1) is 9.88. The number of rotatable bonds is 4. The molecule has 1 aliphatic carbocycles. The van der Waals surface area contributed by atoms with Crippen LogP contribution in [0.4, 0.5) is 5.00 Å². The van der Waals surface area contributed by atoms with Gasteiger partial charge in [0.05, 0.1) is 11.5 Å². The minimum atomic E-state index is -1.46. The minimum absolute atomic E-state index is 0.345. The number of nitrogens with two attached hydrogens (primary N) is 1. The first kappa shape index (κ1) is 15.2. The fourth-order valence-electron chi connectivity index (χ4n) is 2.40. The highest BCUT2D eigenvalue weighted by atomic mass is 32.1. The van der Waals surface area contributed by atoms with Crippen molar-refractivity contribution in [2.24, 2.45) is 11.7 Å². The predicted octanol–water partition coefficient (Wildman–Crippen LogP) is 0.216. The second-order valence-electron chi connectivity index (χ2n) is 5.06. The third kappa shape index (κ3) is 3.49. The van der Waals surface area contributed by atoms with Crippen LogP contribution in [0.15, 0.2) is 12.2 Å². The van der Waals surface area contributed by atoms with Gasteiger partial charge in [-0.3, -0.25) is 9.59 Å². The Morgan fingerprint density at radius 2 is 2.10 bits per heavy atom. The van der Waals surface area contributed by atoms with Gasteiger partial charge in [-0.2, -0.15) is 0 Å². The van der Waals surface area contributed by atoms with Crippen LogP contribution >= 0.6 is 11.3 Å². The Bertz CT molecular complexity index is 633. The van der Waals surface area contributed by atoms with Gasteiger partial charge in [0.25, 0.3) is 5.91 Å². The Hall–Kier alpha value is -2.15. The average molecular weight is 307 g/mol. The fourth-order valence-corrected chi connectivity index (χ4v) is 3.82. The standard InChI is InChI=1S/C14H16N2O4S/c1-7-2-3-8-9(6-7)21-14(12(8)13(15)20)16-10(17)4-5-11(18)19/h4-5,7H,2-3,6H2,1H3,(H2,15,20)(H,16,17)(H,18,19)/p-1/b5-4+/t7-/m1/s1. The summed E-state index contributed by atoms with van der Waals surface area (Å²) in [7, 11) is 0. The molecule has 0 unspecified atom stereocenters. The van der Waals surface area contributed by atoms with Crippen molar-refractivity contribution in [2.75, 3.05) is 5.32 Å². The quantitative estimate of drug-likeness (QED) is 0.774. The van der Waals surface area contributed by atoms with Crippen molar-refractivity contribution >= 4 is 34.1 Å². The van der Waals surface area contributed by atoms with Crippen LogP contribution in [0.5, 0.6) is 0 Å². The number of carbonyl (C=O) groups excluding carboxylic acids is 3. The van der Waals surface area contributed by atoms with E-state index in [0.717, 1.165) is 35.8 Å². The summed E-state index contributed by atoms with van der Waals surface area (Å²) in [5.74, 6) is -2.15. The topological polar surface area (TPSA) is 112 Å². The average Bonchev–Trinajstić information content (AvgIpc) is 2.73. The summed E-state index contributed by atoms with van der Waals surface area (Å²) in [5, 5.41) is 13.2. The van der Waals surface area contributed by atoms with E-state index < -0.39 is 17.8 Å². The van der Waals surface area contributed by atoms with E-state index in [9.17, 15) is 19.5 Å². The Balaban J connectivity index is 2.29. The molecule has 2 amide bonds. The minimum Gasteiger partial charge on any atom is -0.545 e. The second-order valence-corrected chi connectivity index (χ2v) is 6.17. The largest absolute Gasteiger partial charge is 0.545 e. The molecule has 21 heavy (non-hydrogen) atoms. The molecular formula is C14H15N2O4S-. The summed E-state index contributed by atoms with van der Waals surface area (Å²) in [6.07, 6.45) is 4.07. The number of carbonyl (C=O) groups is 3. The van der Waals surface area contributed by atoms with Crippen molar-refractivity contribution in [2.45, 2.75) is 26.2 Å². The first-order valence-electron chi connectivity index (χ1n) is 6.53. The number of carboxylic acids is 1. The van der Waals surface area contributed by atoms with Gasteiger partial charge in [0.2, 0.25) is 5.91 Å². The van der Waals surface area contributed by atoms with E-state index in [1.807, 2.05) is 0 Å². The van der Waals surface area contributed by atoms with Gasteiger partial charge in [-0.15, -0.1) is 11.3 Å². The molecule has 1 heterocycles. The highest BCUT2D eigenvalue weighted by Gasteiger charge is 2.26. The van der Waals surface area contributed by atoms with Gasteiger partial charge in [-0.1, -0.05) is 6.92 Å². The lowest BCUT2D eigenvalue weighted by molar-refractivity contribution is -0.297. The van der Waals surface area contributed by atoms with Crippen LogP contribution in [0.3, 0.4) is 0 Å². The summed E-state index contributed by atoms with van der Waals surface area (Å²) >= 11 is 1.33. The number of primary amides is 1. The Labute approximate surface area is 125 Å². The van der Waals surface area contributed by atoms with E-state index in [2.05, 4.69) is 12.2 Å². The molecule has 1 atom stereocenters. The lowest BCUT2D eigenvalue weighted by atomic mass is 9.88. The van der Waals surface area contributed by atoms with E-state index >= 15 is 0 Å². The monoisotopic (exact) mass is 307 g/mol. The summed E-state index contributed by atoms with van der Waals surface area (Å²) < 4.78 is 0. The number of hydrogen-bond donors (Lipinski definition) is 2. The van der Waals surface area contributed by atoms with Crippen LogP contribution in [0.2, 0.25) is 0 Å². The zero-order chi connectivity index (χ0) is 15.6. The van der Waals surface area contributed by atoms with Crippen molar-refractivity contribution < 1.29 is 19.5 Å². The molecule has 0 bridgehead atoms. The van der Waals surface area contributed by atoms with Gasteiger partial charge < -0.3 is 21.0 Å². The van der Waals surface area contributed by atoms with Crippen LogP contribution in [0.1, 0.15) is 34.1 Å². The third-order valence-corrected chi connectivity index (χ3v) is 4.54. The molecule has 0 saturated carbocycles. The van der Waals surface area contributed by atoms with Gasteiger partial charge in [-0.25, -0.2) is 0 Å². The molecule has 0 aromatic carbocycles. The SMILES string of the molecule is C[C@@H]1CCc2c(sc(NC(=O)/C=C/C(=O)[O-])c2C(N)=O)C1. The van der Waals surface area contributed by atoms with E-state index in [1.54, 1.807) is 0 Å². The predicted molar refractivity (Wildman–Crippen MR) is 76.8 cm³/mol. The number of anilines is 1. The number of aliphatic carboxylic acids is 1. The van der Waals surface area contributed by atoms with Crippen LogP contribution in [-0.4, -0.2) is 17.8 Å². The van der Waals surface area contributed by atoms with Gasteiger partial charge in [-0.05, 0) is 36.8 Å². The number of nitrogens with one attached hydrogen (secondary N) is 1. The van der Waals surface area contributed by atoms with E-state index in [-0.39, 0.29) is 0 Å². The van der Waals surface area contributed by atoms with Crippen LogP contribution in [0.25, 0.3) is 0 Å². The molecule has 0 saturated heterocycles. The van der Waals surface area contributed by atoms with E-state index in [0.29, 0.717) is 22.6 Å². The van der Waals surface area contributed by atoms with Gasteiger partial charge >= 0.3 is 0 Å². The Kier molecular flexibility index (Phi) is 4.42. The summed E-state index contributed by atoms with van der Waals surface area (Å²) in [6, 6.07) is 0. The highest BCUT2D eigenvalue weighted by molar-refractivity contribution is 7.17. The first-order valence-corrected chi connectivity index (χ1v) is 7.34. The molecule has 0 spiro atoms. The highest BCUT2D eigenvalue weighted by Crippen LogP contribution is 2.39. The maximum atomic E-state index is 11.6. The summed E-state index contributed by atoms with van der Waals surface area (Å²) in [5.41, 5.74) is 6.66. The molecule has 1 aromatic heterocycles. The van der Waals surface area contributed by atoms with Crippen molar-refractivity contribution in [3.63, 3.8) is 0 Å². The van der Waals surface area contributed by atoms with Gasteiger partial charge in [0.1, 0.15) is 5.00 Å². The van der Waals surface area contributed by atoms with Crippen LogP contribution in [0, 0.1) is 5.92 Å². The number of amides is 2. The molecule has 3 N–H and O–H groups in total. The van der Waals surface area contributed by atoms with Crippen molar-refractivity contribution in [3.05, 3.63) is 28.2 Å². The van der Waals surface area contributed by atoms with E-state index in [4.69, 9.17) is 5.73 Å². The van der Waals surface area contributed by atoms with Crippen molar-refractivity contribution in [1.29, 1.82) is 0 Å². The van der Waals surface area contributed by atoms with Gasteiger partial charge in [0, 0.05) is 11.0 Å². The lowest BCUT2D eigenvalue weighted by Crippen LogP contribution is -2.21. The Morgan fingerprint density at radius 1 is 1.38 bits per heavy atom. The molecule has 0 radical (unpaired) electrons. The molecule has 6 nitrogen and oxygen atoms in total. The maximum absolute atomic E-state index is 11.6. The number of fused-ring (bicyclic) bond motifs is 1. The zero-order valence-corrected chi connectivity index (χ0v) is 12.3. The molecule has 1 aromatic rings. The summed E-state index contributed by atoms with van der Waals surface area (Å²) in [6.45, 7) is 2.13.